The highest BCUT2D eigenvalue weighted by Crippen LogP contribution is 2.17. The SMILES string of the molecule is O=C(O)CSc1nncn1Cc1ccc(F)c(F)c1. The number of carboxylic acids is 1. The summed E-state index contributed by atoms with van der Waals surface area (Å²) in [5, 5.41) is 16.4. The second-order valence-corrected chi connectivity index (χ2v) is 4.61. The van der Waals surface area contributed by atoms with Crippen LogP contribution in [-0.2, 0) is 11.3 Å². The van der Waals surface area contributed by atoms with Crippen molar-refractivity contribution < 1.29 is 18.7 Å². The number of carboxylic acid groups (broad SMARTS) is 1. The van der Waals surface area contributed by atoms with Crippen LogP contribution in [0.5, 0.6) is 0 Å². The molecule has 0 radical (unpaired) electrons. The highest BCUT2D eigenvalue weighted by atomic mass is 32.2. The van der Waals surface area contributed by atoms with Gasteiger partial charge in [-0.15, -0.1) is 10.2 Å². The second kappa shape index (κ2) is 5.79. The molecule has 1 N–H and O–H groups in total. The van der Waals surface area contributed by atoms with Crippen molar-refractivity contribution in [2.45, 2.75) is 11.7 Å². The van der Waals surface area contributed by atoms with E-state index in [2.05, 4.69) is 10.2 Å². The Labute approximate surface area is 111 Å². The lowest BCUT2D eigenvalue weighted by molar-refractivity contribution is -0.133. The molecule has 0 saturated heterocycles. The Bertz CT molecular complexity index is 603. The van der Waals surface area contributed by atoms with Gasteiger partial charge in [-0.3, -0.25) is 4.79 Å². The summed E-state index contributed by atoms with van der Waals surface area (Å²) in [5.74, 6) is -2.94. The summed E-state index contributed by atoms with van der Waals surface area (Å²) >= 11 is 1.01. The van der Waals surface area contributed by atoms with Gasteiger partial charge in [0.1, 0.15) is 6.33 Å². The van der Waals surface area contributed by atoms with Gasteiger partial charge in [0.25, 0.3) is 0 Å². The first kappa shape index (κ1) is 13.5. The van der Waals surface area contributed by atoms with Crippen LogP contribution in [0.2, 0.25) is 0 Å². The number of nitrogens with zero attached hydrogens (tertiary/aromatic N) is 3. The number of rotatable bonds is 5. The third-order valence-electron chi connectivity index (χ3n) is 2.24. The molecule has 8 heteroatoms. The Morgan fingerprint density at radius 3 is 2.84 bits per heavy atom. The van der Waals surface area contributed by atoms with E-state index in [1.165, 1.54) is 12.4 Å². The molecule has 0 amide bonds. The Morgan fingerprint density at radius 1 is 1.37 bits per heavy atom. The zero-order valence-electron chi connectivity index (χ0n) is 9.58. The molecule has 1 heterocycles. The third-order valence-corrected chi connectivity index (χ3v) is 3.21. The van der Waals surface area contributed by atoms with E-state index in [0.717, 1.165) is 23.9 Å². The van der Waals surface area contributed by atoms with Gasteiger partial charge in [-0.25, -0.2) is 8.78 Å². The number of benzene rings is 1. The predicted octanol–water partition coefficient (Wildman–Crippen LogP) is 1.78. The van der Waals surface area contributed by atoms with Crippen molar-refractivity contribution in [3.05, 3.63) is 41.7 Å². The quantitative estimate of drug-likeness (QED) is 0.848. The van der Waals surface area contributed by atoms with Crippen LogP contribution in [0.3, 0.4) is 0 Å². The minimum absolute atomic E-state index is 0.142. The van der Waals surface area contributed by atoms with Crippen molar-refractivity contribution in [1.29, 1.82) is 0 Å². The monoisotopic (exact) mass is 285 g/mol. The Balaban J connectivity index is 2.12. The number of hydrogen-bond donors (Lipinski definition) is 1. The molecule has 0 bridgehead atoms. The summed E-state index contributed by atoms with van der Waals surface area (Å²) in [6.45, 7) is 0.242. The molecule has 0 aliphatic rings. The average Bonchev–Trinajstić information content (AvgIpc) is 2.79. The lowest BCUT2D eigenvalue weighted by Gasteiger charge is -2.06. The largest absolute Gasteiger partial charge is 0.481 e. The number of thioether (sulfide) groups is 1. The number of aliphatic carboxylic acids is 1. The summed E-state index contributed by atoms with van der Waals surface area (Å²) in [6, 6.07) is 3.57. The molecule has 0 aliphatic carbocycles. The van der Waals surface area contributed by atoms with Crippen LogP contribution in [0.15, 0.2) is 29.7 Å². The standard InChI is InChI=1S/C11H9F2N3O2S/c12-8-2-1-7(3-9(8)13)4-16-6-14-15-11(16)19-5-10(17)18/h1-3,6H,4-5H2,(H,17,18). The lowest BCUT2D eigenvalue weighted by Crippen LogP contribution is -2.04. The second-order valence-electron chi connectivity index (χ2n) is 3.67. The molecule has 0 aliphatic heterocycles. The smallest absolute Gasteiger partial charge is 0.313 e. The Morgan fingerprint density at radius 2 is 2.16 bits per heavy atom. The van der Waals surface area contributed by atoms with Gasteiger partial charge in [-0.2, -0.15) is 0 Å². The minimum atomic E-state index is -0.965. The van der Waals surface area contributed by atoms with Gasteiger partial charge in [-0.1, -0.05) is 17.8 Å². The molecular formula is C11H9F2N3O2S. The van der Waals surface area contributed by atoms with Gasteiger partial charge >= 0.3 is 5.97 Å². The van der Waals surface area contributed by atoms with Gasteiger partial charge in [0, 0.05) is 0 Å². The van der Waals surface area contributed by atoms with Crippen molar-refractivity contribution >= 4 is 17.7 Å². The maximum atomic E-state index is 13.1. The molecule has 19 heavy (non-hydrogen) atoms. The zero-order valence-corrected chi connectivity index (χ0v) is 10.4. The maximum Gasteiger partial charge on any atom is 0.313 e. The summed E-state index contributed by atoms with van der Waals surface area (Å²) in [4.78, 5) is 10.5. The number of carbonyl (C=O) groups is 1. The van der Waals surface area contributed by atoms with Crippen molar-refractivity contribution in [3.63, 3.8) is 0 Å². The summed E-state index contributed by atoms with van der Waals surface area (Å²) in [5.41, 5.74) is 0.538. The van der Waals surface area contributed by atoms with Gasteiger partial charge in [0.15, 0.2) is 16.8 Å². The normalized spacial score (nSPS) is 10.6. The lowest BCUT2D eigenvalue weighted by atomic mass is 10.2. The molecule has 0 saturated carbocycles. The van der Waals surface area contributed by atoms with Gasteiger partial charge in [0.2, 0.25) is 0 Å². The molecular weight excluding hydrogens is 276 g/mol. The predicted molar refractivity (Wildman–Crippen MR) is 63.8 cm³/mol. The molecule has 1 aromatic heterocycles. The van der Waals surface area contributed by atoms with Crippen LogP contribution >= 0.6 is 11.8 Å². The fourth-order valence-corrected chi connectivity index (χ4v) is 2.06. The molecule has 2 aromatic rings. The van der Waals surface area contributed by atoms with Crippen LogP contribution in [0.25, 0.3) is 0 Å². The molecule has 0 atom stereocenters. The van der Waals surface area contributed by atoms with E-state index in [-0.39, 0.29) is 12.3 Å². The van der Waals surface area contributed by atoms with E-state index in [4.69, 9.17) is 5.11 Å². The Hall–Kier alpha value is -1.96. The van der Waals surface area contributed by atoms with E-state index in [1.54, 1.807) is 4.57 Å². The molecule has 0 unspecified atom stereocenters. The van der Waals surface area contributed by atoms with Crippen molar-refractivity contribution in [1.82, 2.24) is 14.8 Å². The van der Waals surface area contributed by atoms with E-state index < -0.39 is 17.6 Å². The van der Waals surface area contributed by atoms with E-state index in [1.807, 2.05) is 0 Å². The minimum Gasteiger partial charge on any atom is -0.481 e. The fraction of sp³-hybridized carbons (Fsp3) is 0.182. The first-order valence-electron chi connectivity index (χ1n) is 5.22. The third kappa shape index (κ3) is 3.50. The molecule has 0 fully saturated rings. The van der Waals surface area contributed by atoms with Crippen LogP contribution in [0.1, 0.15) is 5.56 Å². The number of halogens is 2. The summed E-state index contributed by atoms with van der Waals surface area (Å²) < 4.78 is 27.4. The highest BCUT2D eigenvalue weighted by Gasteiger charge is 2.09. The summed E-state index contributed by atoms with van der Waals surface area (Å²) in [6.07, 6.45) is 1.41. The molecule has 5 nitrogen and oxygen atoms in total. The van der Waals surface area contributed by atoms with Crippen molar-refractivity contribution in [3.8, 4) is 0 Å². The Kier molecular flexibility index (Phi) is 4.10. The van der Waals surface area contributed by atoms with Crippen LogP contribution in [0, 0.1) is 11.6 Å². The first-order chi connectivity index (χ1) is 9.06. The number of aromatic nitrogens is 3. The van der Waals surface area contributed by atoms with E-state index >= 15 is 0 Å². The first-order valence-corrected chi connectivity index (χ1v) is 6.21. The van der Waals surface area contributed by atoms with Crippen molar-refractivity contribution in [2.75, 3.05) is 5.75 Å². The van der Waals surface area contributed by atoms with E-state index in [9.17, 15) is 13.6 Å². The van der Waals surface area contributed by atoms with Crippen molar-refractivity contribution in [2.24, 2.45) is 0 Å². The average molecular weight is 285 g/mol. The van der Waals surface area contributed by atoms with Crippen LogP contribution in [0.4, 0.5) is 8.78 Å². The molecule has 100 valence electrons. The van der Waals surface area contributed by atoms with Crippen LogP contribution in [-0.4, -0.2) is 31.6 Å². The van der Waals surface area contributed by atoms with Gasteiger partial charge < -0.3 is 9.67 Å². The maximum absolute atomic E-state index is 13.1. The van der Waals surface area contributed by atoms with Gasteiger partial charge in [0.05, 0.1) is 12.3 Å². The zero-order chi connectivity index (χ0) is 13.8. The van der Waals surface area contributed by atoms with E-state index in [0.29, 0.717) is 10.7 Å². The number of hydrogen-bond acceptors (Lipinski definition) is 4. The highest BCUT2D eigenvalue weighted by molar-refractivity contribution is 7.99. The topological polar surface area (TPSA) is 68.0 Å². The molecule has 0 spiro atoms. The molecule has 1 aromatic carbocycles. The summed E-state index contributed by atoms with van der Waals surface area (Å²) in [7, 11) is 0. The molecule has 2 rings (SSSR count). The van der Waals surface area contributed by atoms with Crippen LogP contribution < -0.4 is 0 Å². The van der Waals surface area contributed by atoms with Gasteiger partial charge in [-0.05, 0) is 17.7 Å². The fourth-order valence-electron chi connectivity index (χ4n) is 1.43.